The topological polar surface area (TPSA) is 58.1 Å². The van der Waals surface area contributed by atoms with Crippen molar-refractivity contribution in [1.29, 1.82) is 0 Å². The quantitative estimate of drug-likeness (QED) is 0.881. The third kappa shape index (κ3) is 4.43. The van der Waals surface area contributed by atoms with Gasteiger partial charge in [0.25, 0.3) is 5.91 Å². The van der Waals surface area contributed by atoms with E-state index in [4.69, 9.17) is 11.6 Å². The van der Waals surface area contributed by atoms with Crippen LogP contribution >= 0.6 is 11.6 Å². The Kier molecular flexibility index (Phi) is 5.72. The average Bonchev–Trinajstić information content (AvgIpc) is 2.55. The molecule has 2 rings (SSSR count). The molecule has 0 aliphatic carbocycles. The maximum absolute atomic E-state index is 12.1. The van der Waals surface area contributed by atoms with Gasteiger partial charge in [-0.15, -0.1) is 0 Å². The molecular formula is C16H19ClN4O. The lowest BCUT2D eigenvalue weighted by molar-refractivity contribution is 0.0787. The fourth-order valence-electron chi connectivity index (χ4n) is 1.88. The summed E-state index contributed by atoms with van der Waals surface area (Å²) in [6.07, 6.45) is 5.07. The number of nitrogens with zero attached hydrogens (tertiary/aromatic N) is 3. The number of rotatable bonds is 6. The third-order valence-corrected chi connectivity index (χ3v) is 3.43. The molecule has 0 bridgehead atoms. The van der Waals surface area contributed by atoms with Gasteiger partial charge in [-0.2, -0.15) is 0 Å². The van der Waals surface area contributed by atoms with Gasteiger partial charge < -0.3 is 10.2 Å². The Balaban J connectivity index is 2.00. The molecule has 2 aromatic rings. The smallest absolute Gasteiger partial charge is 0.273 e. The van der Waals surface area contributed by atoms with Crippen LogP contribution in [0, 0.1) is 0 Å². The van der Waals surface area contributed by atoms with Crippen molar-refractivity contribution < 1.29 is 4.79 Å². The second kappa shape index (κ2) is 7.75. The summed E-state index contributed by atoms with van der Waals surface area (Å²) < 4.78 is 0. The van der Waals surface area contributed by atoms with Crippen molar-refractivity contribution in [2.24, 2.45) is 0 Å². The molecule has 1 N–H and O–H groups in total. The highest BCUT2D eigenvalue weighted by Gasteiger charge is 2.13. The normalized spacial score (nSPS) is 10.3. The van der Waals surface area contributed by atoms with Crippen molar-refractivity contribution in [3.05, 3.63) is 47.4 Å². The summed E-state index contributed by atoms with van der Waals surface area (Å²) in [4.78, 5) is 22.2. The van der Waals surface area contributed by atoms with Crippen LogP contribution in [0.5, 0.6) is 0 Å². The Morgan fingerprint density at radius 2 is 1.95 bits per heavy atom. The van der Waals surface area contributed by atoms with Crippen LogP contribution in [0.2, 0.25) is 5.02 Å². The highest BCUT2D eigenvalue weighted by Crippen LogP contribution is 2.17. The number of unbranched alkanes of at least 4 members (excludes halogenated alkanes) is 1. The van der Waals surface area contributed by atoms with Crippen LogP contribution in [0.25, 0.3) is 0 Å². The number of hydrogen-bond donors (Lipinski definition) is 1. The first-order valence-electron chi connectivity index (χ1n) is 7.20. The minimum atomic E-state index is -0.112. The van der Waals surface area contributed by atoms with Gasteiger partial charge >= 0.3 is 0 Å². The molecule has 0 aliphatic heterocycles. The number of halogens is 1. The number of hydrogen-bond acceptors (Lipinski definition) is 4. The molecule has 1 amide bonds. The highest BCUT2D eigenvalue weighted by molar-refractivity contribution is 6.30. The Labute approximate surface area is 135 Å². The zero-order chi connectivity index (χ0) is 15.9. The summed E-state index contributed by atoms with van der Waals surface area (Å²) in [5, 5.41) is 3.78. The van der Waals surface area contributed by atoms with Gasteiger partial charge in [0.05, 0.1) is 12.4 Å². The molecule has 0 unspecified atom stereocenters. The summed E-state index contributed by atoms with van der Waals surface area (Å²) in [6, 6.07) is 7.28. The second-order valence-electron chi connectivity index (χ2n) is 5.00. The van der Waals surface area contributed by atoms with Gasteiger partial charge in [-0.05, 0) is 30.7 Å². The van der Waals surface area contributed by atoms with Crippen LogP contribution in [0.1, 0.15) is 30.3 Å². The van der Waals surface area contributed by atoms with Gasteiger partial charge in [0.2, 0.25) is 0 Å². The monoisotopic (exact) mass is 318 g/mol. The summed E-state index contributed by atoms with van der Waals surface area (Å²) in [6.45, 7) is 2.82. The van der Waals surface area contributed by atoms with E-state index in [-0.39, 0.29) is 5.91 Å². The zero-order valence-corrected chi connectivity index (χ0v) is 13.5. The molecule has 0 saturated heterocycles. The predicted octanol–water partition coefficient (Wildman–Crippen LogP) is 3.75. The minimum Gasteiger partial charge on any atom is -0.340 e. The van der Waals surface area contributed by atoms with Crippen molar-refractivity contribution in [3.8, 4) is 0 Å². The standard InChI is InChI=1S/C16H19ClN4O/c1-3-4-9-21(2)16(22)14-10-19-15(11-18-14)20-13-7-5-12(17)6-8-13/h5-8,10-11H,3-4,9H2,1-2H3,(H,19,20). The largest absolute Gasteiger partial charge is 0.340 e. The van der Waals surface area contributed by atoms with Crippen molar-refractivity contribution in [2.45, 2.75) is 19.8 Å². The molecule has 0 atom stereocenters. The fraction of sp³-hybridized carbons (Fsp3) is 0.312. The van der Waals surface area contributed by atoms with Gasteiger partial charge in [0.1, 0.15) is 11.5 Å². The van der Waals surface area contributed by atoms with Crippen LogP contribution in [0.15, 0.2) is 36.7 Å². The molecule has 0 spiro atoms. The Morgan fingerprint density at radius 3 is 2.55 bits per heavy atom. The van der Waals surface area contributed by atoms with E-state index in [1.165, 1.54) is 6.20 Å². The number of anilines is 2. The fourth-order valence-corrected chi connectivity index (χ4v) is 2.00. The Hall–Kier alpha value is -2.14. The molecule has 0 aliphatic rings. The van der Waals surface area contributed by atoms with Crippen molar-refractivity contribution in [1.82, 2.24) is 14.9 Å². The van der Waals surface area contributed by atoms with E-state index in [1.807, 2.05) is 12.1 Å². The highest BCUT2D eigenvalue weighted by atomic mass is 35.5. The second-order valence-corrected chi connectivity index (χ2v) is 5.44. The zero-order valence-electron chi connectivity index (χ0n) is 12.7. The van der Waals surface area contributed by atoms with E-state index < -0.39 is 0 Å². The first-order chi connectivity index (χ1) is 10.6. The summed E-state index contributed by atoms with van der Waals surface area (Å²) in [5.41, 5.74) is 1.21. The first kappa shape index (κ1) is 16.2. The van der Waals surface area contributed by atoms with Gasteiger partial charge in [-0.1, -0.05) is 24.9 Å². The number of nitrogens with one attached hydrogen (secondary N) is 1. The maximum atomic E-state index is 12.1. The van der Waals surface area contributed by atoms with Gasteiger partial charge in [0, 0.05) is 24.3 Å². The van der Waals surface area contributed by atoms with Gasteiger partial charge in [-0.3, -0.25) is 4.79 Å². The molecule has 22 heavy (non-hydrogen) atoms. The lowest BCUT2D eigenvalue weighted by Crippen LogP contribution is -2.28. The van der Waals surface area contributed by atoms with Crippen molar-refractivity contribution in [2.75, 3.05) is 18.9 Å². The summed E-state index contributed by atoms with van der Waals surface area (Å²) >= 11 is 5.84. The Morgan fingerprint density at radius 1 is 1.23 bits per heavy atom. The molecule has 1 heterocycles. The third-order valence-electron chi connectivity index (χ3n) is 3.18. The van der Waals surface area contributed by atoms with E-state index in [0.29, 0.717) is 16.5 Å². The van der Waals surface area contributed by atoms with Crippen LogP contribution in [0.3, 0.4) is 0 Å². The summed E-state index contributed by atoms with van der Waals surface area (Å²) in [5.74, 6) is 0.467. The predicted molar refractivity (Wildman–Crippen MR) is 88.6 cm³/mol. The van der Waals surface area contributed by atoms with Crippen molar-refractivity contribution in [3.63, 3.8) is 0 Å². The molecule has 6 heteroatoms. The molecular weight excluding hydrogens is 300 g/mol. The lowest BCUT2D eigenvalue weighted by atomic mass is 10.3. The molecule has 116 valence electrons. The maximum Gasteiger partial charge on any atom is 0.273 e. The average molecular weight is 319 g/mol. The summed E-state index contributed by atoms with van der Waals surface area (Å²) in [7, 11) is 1.78. The van der Waals surface area contributed by atoms with Crippen molar-refractivity contribution >= 4 is 29.0 Å². The SMILES string of the molecule is CCCCN(C)C(=O)c1cnc(Nc2ccc(Cl)cc2)cn1. The molecule has 1 aromatic heterocycles. The van der Waals surface area contributed by atoms with Crippen LogP contribution in [-0.4, -0.2) is 34.4 Å². The minimum absolute atomic E-state index is 0.112. The Bertz CT molecular complexity index is 613. The van der Waals surface area contributed by atoms with Crippen LogP contribution in [0.4, 0.5) is 11.5 Å². The number of benzene rings is 1. The van der Waals surface area contributed by atoms with Crippen LogP contribution in [-0.2, 0) is 0 Å². The van der Waals surface area contributed by atoms with Crippen LogP contribution < -0.4 is 5.32 Å². The molecule has 0 radical (unpaired) electrons. The molecule has 0 fully saturated rings. The number of amides is 1. The molecule has 5 nitrogen and oxygen atoms in total. The van der Waals surface area contributed by atoms with E-state index >= 15 is 0 Å². The van der Waals surface area contributed by atoms with Gasteiger partial charge in [-0.25, -0.2) is 9.97 Å². The number of aromatic nitrogens is 2. The first-order valence-corrected chi connectivity index (χ1v) is 7.58. The van der Waals surface area contributed by atoms with Gasteiger partial charge in [0.15, 0.2) is 0 Å². The molecule has 1 aromatic carbocycles. The van der Waals surface area contributed by atoms with E-state index in [9.17, 15) is 4.79 Å². The molecule has 0 saturated carbocycles. The number of carbonyl (C=O) groups is 1. The lowest BCUT2D eigenvalue weighted by Gasteiger charge is -2.16. The van der Waals surface area contributed by atoms with E-state index in [1.54, 1.807) is 30.3 Å². The number of carbonyl (C=O) groups excluding carboxylic acids is 1. The van der Waals surface area contributed by atoms with E-state index in [0.717, 1.165) is 25.1 Å². The van der Waals surface area contributed by atoms with E-state index in [2.05, 4.69) is 22.2 Å².